The molecule has 1 saturated heterocycles. The molecular weight excluding hydrogens is 274 g/mol. The zero-order chi connectivity index (χ0) is 15.5. The molecule has 3 rings (SSSR count). The zero-order valence-electron chi connectivity index (χ0n) is 13.1. The molecule has 0 radical (unpaired) electrons. The Hall–Kier alpha value is -2.35. The third-order valence-electron chi connectivity index (χ3n) is 4.31. The van der Waals surface area contributed by atoms with Crippen LogP contribution in [0.15, 0.2) is 30.6 Å². The summed E-state index contributed by atoms with van der Waals surface area (Å²) < 4.78 is 2.17. The predicted molar refractivity (Wildman–Crippen MR) is 85.8 cm³/mol. The summed E-state index contributed by atoms with van der Waals surface area (Å²) in [5, 5.41) is 17.4. The van der Waals surface area contributed by atoms with E-state index >= 15 is 0 Å². The van der Waals surface area contributed by atoms with Gasteiger partial charge in [0.1, 0.15) is 12.2 Å². The monoisotopic (exact) mass is 295 g/mol. The minimum Gasteiger partial charge on any atom is -0.371 e. The third kappa shape index (κ3) is 2.82. The third-order valence-corrected chi connectivity index (χ3v) is 4.31. The maximum atomic E-state index is 8.91. The van der Waals surface area contributed by atoms with Gasteiger partial charge in [0.25, 0.3) is 0 Å². The summed E-state index contributed by atoms with van der Waals surface area (Å²) in [6, 6.07) is 10.4. The largest absolute Gasteiger partial charge is 0.371 e. The van der Waals surface area contributed by atoms with Gasteiger partial charge in [-0.1, -0.05) is 0 Å². The molecule has 5 nitrogen and oxygen atoms in total. The maximum absolute atomic E-state index is 8.91. The van der Waals surface area contributed by atoms with Crippen LogP contribution in [0, 0.1) is 11.3 Å². The van der Waals surface area contributed by atoms with Crippen molar-refractivity contribution in [2.45, 2.75) is 38.6 Å². The molecule has 5 heteroatoms. The van der Waals surface area contributed by atoms with Gasteiger partial charge in [-0.3, -0.25) is 0 Å². The van der Waals surface area contributed by atoms with E-state index in [0.29, 0.717) is 17.5 Å². The topological polar surface area (TPSA) is 57.7 Å². The number of benzene rings is 1. The Labute approximate surface area is 131 Å². The van der Waals surface area contributed by atoms with Crippen molar-refractivity contribution in [3.05, 3.63) is 42.0 Å². The molecule has 114 valence electrons. The van der Waals surface area contributed by atoms with Gasteiger partial charge in [0.05, 0.1) is 11.6 Å². The van der Waals surface area contributed by atoms with Crippen LogP contribution in [-0.4, -0.2) is 27.9 Å². The molecular formula is C17H21N5. The van der Waals surface area contributed by atoms with Crippen molar-refractivity contribution in [1.29, 1.82) is 5.26 Å². The second-order valence-corrected chi connectivity index (χ2v) is 6.13. The van der Waals surface area contributed by atoms with Crippen LogP contribution in [-0.2, 0) is 0 Å². The van der Waals surface area contributed by atoms with Crippen LogP contribution >= 0.6 is 0 Å². The molecule has 0 spiro atoms. The Kier molecular flexibility index (Phi) is 4.10. The van der Waals surface area contributed by atoms with E-state index in [2.05, 4.69) is 39.6 Å². The first-order valence-electron chi connectivity index (χ1n) is 7.83. The molecule has 1 unspecified atom stereocenters. The lowest BCUT2D eigenvalue weighted by molar-refractivity contribution is 0.455. The fourth-order valence-electron chi connectivity index (χ4n) is 3.11. The van der Waals surface area contributed by atoms with Gasteiger partial charge < -0.3 is 9.47 Å². The van der Waals surface area contributed by atoms with Gasteiger partial charge >= 0.3 is 0 Å². The number of aromatic nitrogens is 3. The molecule has 0 amide bonds. The molecule has 1 aromatic carbocycles. The lowest BCUT2D eigenvalue weighted by Gasteiger charge is -2.34. The second kappa shape index (κ2) is 6.18. The number of nitriles is 1. The molecule has 1 aliphatic rings. The number of hydrogen-bond acceptors (Lipinski definition) is 4. The Balaban J connectivity index is 1.79. The van der Waals surface area contributed by atoms with Gasteiger partial charge in [-0.15, -0.1) is 10.2 Å². The number of nitrogens with zero attached hydrogens (tertiary/aromatic N) is 5. The van der Waals surface area contributed by atoms with Gasteiger partial charge in [0.2, 0.25) is 0 Å². The molecule has 0 saturated carbocycles. The first kappa shape index (κ1) is 14.6. The maximum Gasteiger partial charge on any atom is 0.137 e. The highest BCUT2D eigenvalue weighted by molar-refractivity contribution is 5.50. The van der Waals surface area contributed by atoms with Crippen molar-refractivity contribution < 1.29 is 0 Å². The average Bonchev–Trinajstić information content (AvgIpc) is 3.05. The van der Waals surface area contributed by atoms with E-state index in [9.17, 15) is 0 Å². The van der Waals surface area contributed by atoms with E-state index in [0.717, 1.165) is 31.8 Å². The number of piperidine rings is 1. The van der Waals surface area contributed by atoms with Crippen LogP contribution in [0.3, 0.4) is 0 Å². The van der Waals surface area contributed by atoms with Crippen LogP contribution < -0.4 is 4.90 Å². The van der Waals surface area contributed by atoms with Crippen LogP contribution in [0.4, 0.5) is 5.69 Å². The summed E-state index contributed by atoms with van der Waals surface area (Å²) in [4.78, 5) is 2.38. The Morgan fingerprint density at radius 3 is 2.73 bits per heavy atom. The van der Waals surface area contributed by atoms with Gasteiger partial charge in [0.15, 0.2) is 0 Å². The Bertz CT molecular complexity index is 665. The summed E-state index contributed by atoms with van der Waals surface area (Å²) >= 11 is 0. The first-order valence-corrected chi connectivity index (χ1v) is 7.83. The highest BCUT2D eigenvalue weighted by atomic mass is 15.3. The van der Waals surface area contributed by atoms with Crippen molar-refractivity contribution in [3.8, 4) is 6.07 Å². The lowest BCUT2D eigenvalue weighted by atomic mass is 9.96. The van der Waals surface area contributed by atoms with Gasteiger partial charge in [-0.2, -0.15) is 5.26 Å². The molecule has 1 fully saturated rings. The Morgan fingerprint density at radius 1 is 1.27 bits per heavy atom. The normalized spacial score (nSPS) is 18.5. The summed E-state index contributed by atoms with van der Waals surface area (Å²) in [6.45, 7) is 6.33. The van der Waals surface area contributed by atoms with Crippen molar-refractivity contribution in [3.63, 3.8) is 0 Å². The number of anilines is 1. The van der Waals surface area contributed by atoms with E-state index in [-0.39, 0.29) is 0 Å². The summed E-state index contributed by atoms with van der Waals surface area (Å²) in [5.41, 5.74) is 1.89. The van der Waals surface area contributed by atoms with Crippen LogP contribution in [0.1, 0.15) is 50.0 Å². The van der Waals surface area contributed by atoms with Crippen molar-refractivity contribution in [2.24, 2.45) is 0 Å². The SMILES string of the molecule is CC(C)n1cnnc1C1CCCN(c2ccc(C#N)cc2)C1. The van der Waals surface area contributed by atoms with E-state index in [4.69, 9.17) is 5.26 Å². The van der Waals surface area contributed by atoms with Crippen molar-refractivity contribution in [1.82, 2.24) is 14.8 Å². The fourth-order valence-corrected chi connectivity index (χ4v) is 3.11. The zero-order valence-corrected chi connectivity index (χ0v) is 13.1. The molecule has 2 aromatic rings. The van der Waals surface area contributed by atoms with Crippen molar-refractivity contribution >= 4 is 5.69 Å². The van der Waals surface area contributed by atoms with E-state index in [1.165, 1.54) is 5.69 Å². The quantitative estimate of drug-likeness (QED) is 0.873. The molecule has 0 bridgehead atoms. The highest BCUT2D eigenvalue weighted by Gasteiger charge is 2.26. The van der Waals surface area contributed by atoms with Gasteiger partial charge in [-0.05, 0) is 51.0 Å². The molecule has 22 heavy (non-hydrogen) atoms. The standard InChI is InChI=1S/C17H21N5/c1-13(2)22-12-19-20-17(22)15-4-3-9-21(11-15)16-7-5-14(10-18)6-8-16/h5-8,12-13,15H,3-4,9,11H2,1-2H3. The number of rotatable bonds is 3. The molecule has 1 aromatic heterocycles. The second-order valence-electron chi connectivity index (χ2n) is 6.13. The highest BCUT2D eigenvalue weighted by Crippen LogP contribution is 2.30. The average molecular weight is 295 g/mol. The van der Waals surface area contributed by atoms with E-state index < -0.39 is 0 Å². The minimum absolute atomic E-state index is 0.385. The van der Waals surface area contributed by atoms with Crippen LogP contribution in [0.2, 0.25) is 0 Å². The van der Waals surface area contributed by atoms with E-state index in [1.807, 2.05) is 30.6 Å². The first-order chi connectivity index (χ1) is 10.7. The van der Waals surface area contributed by atoms with Gasteiger partial charge in [0, 0.05) is 30.7 Å². The van der Waals surface area contributed by atoms with Crippen LogP contribution in [0.5, 0.6) is 0 Å². The summed E-state index contributed by atoms with van der Waals surface area (Å²) in [5.74, 6) is 1.50. The molecule has 0 N–H and O–H groups in total. The predicted octanol–water partition coefficient (Wildman–Crippen LogP) is 3.11. The van der Waals surface area contributed by atoms with E-state index in [1.54, 1.807) is 0 Å². The van der Waals surface area contributed by atoms with Crippen molar-refractivity contribution in [2.75, 3.05) is 18.0 Å². The molecule has 1 atom stereocenters. The van der Waals surface area contributed by atoms with Crippen LogP contribution in [0.25, 0.3) is 0 Å². The number of hydrogen-bond donors (Lipinski definition) is 0. The fraction of sp³-hybridized carbons (Fsp3) is 0.471. The smallest absolute Gasteiger partial charge is 0.137 e. The van der Waals surface area contributed by atoms with Gasteiger partial charge in [-0.25, -0.2) is 0 Å². The molecule has 1 aliphatic heterocycles. The minimum atomic E-state index is 0.385. The molecule has 2 heterocycles. The molecule has 0 aliphatic carbocycles. The summed E-state index contributed by atoms with van der Waals surface area (Å²) in [7, 11) is 0. The summed E-state index contributed by atoms with van der Waals surface area (Å²) in [6.07, 6.45) is 4.13. The lowest BCUT2D eigenvalue weighted by Crippen LogP contribution is -2.35. The Morgan fingerprint density at radius 2 is 2.05 bits per heavy atom.